The van der Waals surface area contributed by atoms with Crippen LogP contribution in [0.4, 0.5) is 13.6 Å². The van der Waals surface area contributed by atoms with E-state index in [2.05, 4.69) is 20.3 Å². The first-order chi connectivity index (χ1) is 16.9. The average molecular weight is 514 g/mol. The van der Waals surface area contributed by atoms with Crippen LogP contribution >= 0.6 is 11.8 Å². The van der Waals surface area contributed by atoms with Gasteiger partial charge in [0.2, 0.25) is 0 Å². The van der Waals surface area contributed by atoms with Gasteiger partial charge in [0, 0.05) is 11.5 Å². The van der Waals surface area contributed by atoms with Crippen molar-refractivity contribution in [3.05, 3.63) is 58.9 Å². The molecule has 186 valence electrons. The molecule has 1 amide bonds. The number of carboxylic acids is 1. The van der Waals surface area contributed by atoms with Crippen LogP contribution in [0, 0.1) is 23.1 Å². The predicted molar refractivity (Wildman–Crippen MR) is 128 cm³/mol. The molecule has 2 N–H and O–H groups in total. The molecule has 12 heteroatoms. The highest BCUT2D eigenvalue weighted by Gasteiger charge is 2.67. The minimum Gasteiger partial charge on any atom is -0.480 e. The van der Waals surface area contributed by atoms with E-state index in [9.17, 15) is 23.5 Å². The Bertz CT molecular complexity index is 1330. The summed E-state index contributed by atoms with van der Waals surface area (Å²) in [5.41, 5.74) is -0.508. The third-order valence-electron chi connectivity index (χ3n) is 5.49. The fourth-order valence-corrected chi connectivity index (χ4v) is 5.08. The third kappa shape index (κ3) is 5.21. The highest BCUT2D eigenvalue weighted by Crippen LogP contribution is 2.64. The second-order valence-corrected chi connectivity index (χ2v) is 10.6. The van der Waals surface area contributed by atoms with E-state index in [1.54, 1.807) is 26.8 Å². The number of aromatic nitrogens is 2. The monoisotopic (exact) mass is 513 g/mol. The number of aliphatic imine (C=N–C) groups is 1. The minimum absolute atomic E-state index is 0.00443. The quantitative estimate of drug-likeness (QED) is 0.611. The molecule has 3 unspecified atom stereocenters. The van der Waals surface area contributed by atoms with Gasteiger partial charge in [-0.15, -0.1) is 0 Å². The minimum atomic E-state index is -1.27. The molecule has 1 aliphatic heterocycles. The number of halogens is 2. The van der Waals surface area contributed by atoms with E-state index in [-0.39, 0.29) is 34.1 Å². The van der Waals surface area contributed by atoms with Crippen molar-refractivity contribution in [1.82, 2.24) is 15.3 Å². The molecule has 1 aliphatic carbocycles. The second kappa shape index (κ2) is 9.31. The molecule has 2 heterocycles. The summed E-state index contributed by atoms with van der Waals surface area (Å²) in [4.78, 5) is 36.3. The Morgan fingerprint density at radius 2 is 2.08 bits per heavy atom. The number of alkyl carbamates (subject to hydrolysis) is 1. The zero-order valence-corrected chi connectivity index (χ0v) is 20.3. The van der Waals surface area contributed by atoms with Crippen molar-refractivity contribution in [2.24, 2.45) is 10.9 Å². The van der Waals surface area contributed by atoms with Crippen molar-refractivity contribution in [3.63, 3.8) is 0 Å². The van der Waals surface area contributed by atoms with Gasteiger partial charge in [-0.05, 0) is 51.0 Å². The van der Waals surface area contributed by atoms with Gasteiger partial charge in [-0.1, -0.05) is 17.8 Å². The number of benzene rings is 1. The van der Waals surface area contributed by atoms with Crippen molar-refractivity contribution in [2.75, 3.05) is 0 Å². The molecule has 2 aromatic rings. The molecule has 0 bridgehead atoms. The Morgan fingerprint density at radius 1 is 1.33 bits per heavy atom. The number of nitrogens with zero attached hydrogens (tertiary/aromatic N) is 4. The van der Waals surface area contributed by atoms with Crippen LogP contribution in [-0.2, 0) is 9.53 Å². The van der Waals surface area contributed by atoms with Gasteiger partial charge in [-0.3, -0.25) is 15.1 Å². The topological polar surface area (TPSA) is 138 Å². The highest BCUT2D eigenvalue weighted by molar-refractivity contribution is 8.16. The van der Waals surface area contributed by atoms with E-state index < -0.39 is 46.0 Å². The van der Waals surface area contributed by atoms with Gasteiger partial charge in [-0.2, -0.15) is 5.26 Å². The van der Waals surface area contributed by atoms with Gasteiger partial charge >= 0.3 is 12.1 Å². The van der Waals surface area contributed by atoms with E-state index in [4.69, 9.17) is 10.00 Å². The number of nitriles is 1. The molecule has 9 nitrogen and oxygen atoms in total. The summed E-state index contributed by atoms with van der Waals surface area (Å²) < 4.78 is 33.6. The lowest BCUT2D eigenvalue weighted by atomic mass is 9.98. The Balaban J connectivity index is 1.66. The fourth-order valence-electron chi connectivity index (χ4n) is 3.80. The molecule has 1 fully saturated rings. The maximum atomic E-state index is 14.9. The van der Waals surface area contributed by atoms with Crippen LogP contribution in [0.15, 0.2) is 35.6 Å². The molecule has 4 rings (SSSR count). The van der Waals surface area contributed by atoms with Gasteiger partial charge < -0.3 is 9.84 Å². The van der Waals surface area contributed by atoms with E-state index in [1.165, 1.54) is 12.1 Å². The first-order valence-corrected chi connectivity index (χ1v) is 11.6. The average Bonchev–Trinajstić information content (AvgIpc) is 3.55. The standard InChI is InChI=1S/C24H21F2N5O4S/c1-23(2,3)35-22(34)31-21-30-19(15-8-24(15,36-21)20(32)33)14-6-12(4-5-16(14)25)7-17(26)18-11-28-13(9-27)10-29-18/h4-7,10-11,15,19H,8H2,1-3H3,(H,32,33)(H,30,31,34)/b17-7-. The SMILES string of the molecule is CC(C)(C)OC(=O)NC1=NC(c2cc(/C=C(\F)c3cnc(C#N)cn3)ccc2F)C2CC2(C(=O)O)S1. The van der Waals surface area contributed by atoms with Crippen LogP contribution in [0.25, 0.3) is 11.9 Å². The normalized spacial score (nSPS) is 23.1. The second-order valence-electron chi connectivity index (χ2n) is 9.29. The van der Waals surface area contributed by atoms with Crippen LogP contribution in [-0.4, -0.2) is 42.7 Å². The molecular formula is C24H21F2N5O4S. The van der Waals surface area contributed by atoms with Crippen molar-refractivity contribution in [1.29, 1.82) is 5.26 Å². The number of carbonyl (C=O) groups is 2. The summed E-state index contributed by atoms with van der Waals surface area (Å²) in [6, 6.07) is 4.75. The van der Waals surface area contributed by atoms with E-state index >= 15 is 0 Å². The van der Waals surface area contributed by atoms with Gasteiger partial charge in [0.15, 0.2) is 16.7 Å². The summed E-state index contributed by atoms with van der Waals surface area (Å²) >= 11 is 0.896. The molecule has 1 aromatic heterocycles. The predicted octanol–water partition coefficient (Wildman–Crippen LogP) is 4.47. The van der Waals surface area contributed by atoms with E-state index in [0.717, 1.165) is 36.3 Å². The number of aliphatic carboxylic acids is 1. The summed E-state index contributed by atoms with van der Waals surface area (Å²) in [5, 5.41) is 21.1. The number of hydrogen-bond donors (Lipinski definition) is 2. The summed E-state index contributed by atoms with van der Waals surface area (Å²) in [6.45, 7) is 5.04. The number of amidine groups is 1. The lowest BCUT2D eigenvalue weighted by molar-refractivity contribution is -0.137. The van der Waals surface area contributed by atoms with Gasteiger partial charge in [0.1, 0.15) is 27.9 Å². The molecule has 2 aliphatic rings. The lowest BCUT2D eigenvalue weighted by Crippen LogP contribution is -2.39. The summed E-state index contributed by atoms with van der Waals surface area (Å²) in [5.74, 6) is -3.02. The Labute approximate surface area is 209 Å². The van der Waals surface area contributed by atoms with Crippen molar-refractivity contribution in [2.45, 2.75) is 43.6 Å². The zero-order chi connectivity index (χ0) is 26.3. The van der Waals surface area contributed by atoms with Gasteiger partial charge in [0.25, 0.3) is 0 Å². The fraction of sp³-hybridized carbons (Fsp3) is 0.333. The largest absolute Gasteiger partial charge is 0.480 e. The molecule has 1 saturated carbocycles. The van der Waals surface area contributed by atoms with Crippen LogP contribution in [0.2, 0.25) is 0 Å². The highest BCUT2D eigenvalue weighted by atomic mass is 32.2. The first kappa shape index (κ1) is 25.2. The molecule has 0 spiro atoms. The van der Waals surface area contributed by atoms with Crippen LogP contribution < -0.4 is 5.32 Å². The Kier molecular flexibility index (Phi) is 6.53. The number of amides is 1. The molecule has 0 saturated heterocycles. The number of thioether (sulfide) groups is 1. The van der Waals surface area contributed by atoms with Crippen LogP contribution in [0.5, 0.6) is 0 Å². The number of ether oxygens (including phenoxy) is 1. The third-order valence-corrected chi connectivity index (χ3v) is 6.90. The molecule has 36 heavy (non-hydrogen) atoms. The number of rotatable bonds is 4. The Morgan fingerprint density at radius 3 is 2.69 bits per heavy atom. The van der Waals surface area contributed by atoms with Crippen molar-refractivity contribution in [3.8, 4) is 6.07 Å². The van der Waals surface area contributed by atoms with E-state index in [1.807, 2.05) is 0 Å². The molecule has 1 aromatic carbocycles. The number of nitrogens with one attached hydrogen (secondary N) is 1. The Hall–Kier alpha value is -3.85. The number of hydrogen-bond acceptors (Lipinski definition) is 8. The summed E-state index contributed by atoms with van der Waals surface area (Å²) in [7, 11) is 0. The smallest absolute Gasteiger partial charge is 0.413 e. The summed E-state index contributed by atoms with van der Waals surface area (Å²) in [6.07, 6.45) is 2.77. The first-order valence-electron chi connectivity index (χ1n) is 10.8. The maximum absolute atomic E-state index is 14.9. The van der Waals surface area contributed by atoms with Gasteiger partial charge in [-0.25, -0.2) is 23.5 Å². The lowest BCUT2D eigenvalue weighted by Gasteiger charge is -2.26. The molecule has 3 atom stereocenters. The van der Waals surface area contributed by atoms with Crippen molar-refractivity contribution < 1.29 is 28.2 Å². The number of carbonyl (C=O) groups excluding carboxylic acids is 1. The van der Waals surface area contributed by atoms with Gasteiger partial charge in [0.05, 0.1) is 18.4 Å². The van der Waals surface area contributed by atoms with Crippen molar-refractivity contribution >= 4 is 40.9 Å². The number of fused-ring (bicyclic) bond motifs is 1. The van der Waals surface area contributed by atoms with E-state index in [0.29, 0.717) is 0 Å². The van der Waals surface area contributed by atoms with Crippen LogP contribution in [0.1, 0.15) is 55.7 Å². The maximum Gasteiger partial charge on any atom is 0.413 e. The molecule has 0 radical (unpaired) electrons. The molecular weight excluding hydrogens is 492 g/mol. The zero-order valence-electron chi connectivity index (χ0n) is 19.5. The van der Waals surface area contributed by atoms with Crippen LogP contribution in [0.3, 0.4) is 0 Å². The number of carboxylic acid groups (broad SMARTS) is 1.